The minimum absolute atomic E-state index is 0.180. The molecule has 0 bridgehead atoms. The summed E-state index contributed by atoms with van der Waals surface area (Å²) in [5, 5.41) is 2.78. The lowest BCUT2D eigenvalue weighted by Crippen LogP contribution is -2.13. The van der Waals surface area contributed by atoms with E-state index in [9.17, 15) is 9.18 Å². The lowest BCUT2D eigenvalue weighted by molar-refractivity contribution is 0.102. The first kappa shape index (κ1) is 14.1. The second-order valence-corrected chi connectivity index (χ2v) is 5.23. The van der Waals surface area contributed by atoms with Gasteiger partial charge in [-0.3, -0.25) is 4.79 Å². The second-order valence-electron chi connectivity index (χ2n) is 5.23. The van der Waals surface area contributed by atoms with Crippen molar-refractivity contribution in [2.75, 3.05) is 5.32 Å². The van der Waals surface area contributed by atoms with Crippen molar-refractivity contribution in [2.45, 2.75) is 0 Å². The maximum absolute atomic E-state index is 13.7. The summed E-state index contributed by atoms with van der Waals surface area (Å²) < 4.78 is 15.5. The van der Waals surface area contributed by atoms with Gasteiger partial charge in [-0.05, 0) is 30.3 Å². The first-order valence-electron chi connectivity index (χ1n) is 7.23. The first-order chi connectivity index (χ1) is 11.7. The van der Waals surface area contributed by atoms with Gasteiger partial charge in [0.05, 0.1) is 23.7 Å². The Labute approximate surface area is 136 Å². The van der Waals surface area contributed by atoms with E-state index < -0.39 is 11.7 Å². The van der Waals surface area contributed by atoms with Crippen LogP contribution >= 0.6 is 0 Å². The van der Waals surface area contributed by atoms with Gasteiger partial charge >= 0.3 is 0 Å². The Morgan fingerprint density at radius 1 is 1.25 bits per heavy atom. The summed E-state index contributed by atoms with van der Waals surface area (Å²) in [5.74, 6) is -0.918. The molecule has 0 spiro atoms. The molecule has 0 aliphatic carbocycles. The molecule has 6 nitrogen and oxygen atoms in total. The summed E-state index contributed by atoms with van der Waals surface area (Å²) in [6, 6.07) is 9.77. The van der Waals surface area contributed by atoms with Crippen LogP contribution in [0.2, 0.25) is 0 Å². The van der Waals surface area contributed by atoms with Crippen molar-refractivity contribution in [1.82, 2.24) is 19.5 Å². The van der Waals surface area contributed by atoms with Gasteiger partial charge in [-0.1, -0.05) is 6.07 Å². The maximum Gasteiger partial charge on any atom is 0.258 e. The number of imidazole rings is 2. The van der Waals surface area contributed by atoms with E-state index in [0.717, 1.165) is 5.69 Å². The average Bonchev–Trinajstić information content (AvgIpc) is 3.25. The van der Waals surface area contributed by atoms with E-state index in [0.29, 0.717) is 16.7 Å². The monoisotopic (exact) mass is 321 g/mol. The number of carbonyl (C=O) groups excluding carboxylic acids is 1. The van der Waals surface area contributed by atoms with Crippen LogP contribution in [0.25, 0.3) is 16.7 Å². The van der Waals surface area contributed by atoms with E-state index in [-0.39, 0.29) is 5.56 Å². The Balaban J connectivity index is 1.66. The van der Waals surface area contributed by atoms with Crippen LogP contribution in [-0.4, -0.2) is 25.4 Å². The smallest absolute Gasteiger partial charge is 0.258 e. The molecule has 1 amide bonds. The summed E-state index contributed by atoms with van der Waals surface area (Å²) in [5.41, 5.74) is 2.54. The molecule has 0 aliphatic heterocycles. The molecule has 4 rings (SSSR count). The van der Waals surface area contributed by atoms with E-state index >= 15 is 0 Å². The van der Waals surface area contributed by atoms with E-state index in [2.05, 4.69) is 20.3 Å². The third-order valence-corrected chi connectivity index (χ3v) is 3.64. The molecular formula is C17H12FN5O. The fourth-order valence-corrected chi connectivity index (χ4v) is 2.54. The van der Waals surface area contributed by atoms with E-state index in [1.54, 1.807) is 30.9 Å². The topological polar surface area (TPSA) is 75.6 Å². The van der Waals surface area contributed by atoms with E-state index in [4.69, 9.17) is 0 Å². The van der Waals surface area contributed by atoms with Gasteiger partial charge in [-0.15, -0.1) is 0 Å². The van der Waals surface area contributed by atoms with Crippen LogP contribution in [0.15, 0.2) is 61.4 Å². The molecule has 2 aromatic heterocycles. The van der Waals surface area contributed by atoms with Gasteiger partial charge in [0.15, 0.2) is 0 Å². The summed E-state index contributed by atoms with van der Waals surface area (Å²) in [4.78, 5) is 23.4. The number of aromatic amines is 1. The summed E-state index contributed by atoms with van der Waals surface area (Å²) >= 11 is 0. The van der Waals surface area contributed by atoms with Crippen molar-refractivity contribution < 1.29 is 9.18 Å². The fourth-order valence-electron chi connectivity index (χ4n) is 2.54. The summed E-state index contributed by atoms with van der Waals surface area (Å²) in [7, 11) is 0. The first-order valence-corrected chi connectivity index (χ1v) is 7.23. The molecule has 0 fully saturated rings. The SMILES string of the molecule is O=C(Nc1cccc(-n2ccnc2)c1)c1cc(F)cc2[nH]cnc12. The van der Waals surface area contributed by atoms with Crippen LogP contribution in [0.3, 0.4) is 0 Å². The zero-order valence-electron chi connectivity index (χ0n) is 12.4. The van der Waals surface area contributed by atoms with Crippen molar-refractivity contribution in [3.63, 3.8) is 0 Å². The Kier molecular flexibility index (Phi) is 3.31. The predicted molar refractivity (Wildman–Crippen MR) is 87.6 cm³/mol. The highest BCUT2D eigenvalue weighted by atomic mass is 19.1. The van der Waals surface area contributed by atoms with Crippen molar-refractivity contribution in [2.24, 2.45) is 0 Å². The van der Waals surface area contributed by atoms with Crippen LogP contribution in [-0.2, 0) is 0 Å². The van der Waals surface area contributed by atoms with Gasteiger partial charge in [-0.2, -0.15) is 0 Å². The molecule has 0 aliphatic rings. The van der Waals surface area contributed by atoms with E-state index in [1.165, 1.54) is 18.5 Å². The van der Waals surface area contributed by atoms with Gasteiger partial charge in [-0.25, -0.2) is 14.4 Å². The Hall–Kier alpha value is -3.48. The molecule has 0 saturated carbocycles. The number of rotatable bonds is 3. The van der Waals surface area contributed by atoms with Gasteiger partial charge < -0.3 is 14.9 Å². The van der Waals surface area contributed by atoms with Gasteiger partial charge in [0.25, 0.3) is 5.91 Å². The number of H-pyrrole nitrogens is 1. The number of aromatic nitrogens is 4. The molecule has 2 N–H and O–H groups in total. The number of nitrogens with zero attached hydrogens (tertiary/aromatic N) is 3. The molecule has 24 heavy (non-hydrogen) atoms. The molecule has 2 heterocycles. The zero-order chi connectivity index (χ0) is 16.5. The van der Waals surface area contributed by atoms with E-state index in [1.807, 2.05) is 16.7 Å². The quantitative estimate of drug-likeness (QED) is 0.608. The molecule has 0 atom stereocenters. The van der Waals surface area contributed by atoms with Gasteiger partial charge in [0, 0.05) is 23.8 Å². The molecule has 7 heteroatoms. The normalized spacial score (nSPS) is 10.9. The fraction of sp³-hybridized carbons (Fsp3) is 0. The summed E-state index contributed by atoms with van der Waals surface area (Å²) in [6.45, 7) is 0. The minimum atomic E-state index is -0.496. The molecule has 2 aromatic carbocycles. The number of fused-ring (bicyclic) bond motifs is 1. The molecule has 118 valence electrons. The third kappa shape index (κ3) is 2.52. The lowest BCUT2D eigenvalue weighted by Gasteiger charge is -2.08. The standard InChI is InChI=1S/C17H12FN5O/c18-11-6-14(16-15(7-11)20-9-21-16)17(24)22-12-2-1-3-13(8-12)23-5-4-19-10-23/h1-10H,(H,20,21)(H,22,24). The molecule has 0 unspecified atom stereocenters. The van der Waals surface area contributed by atoms with Crippen molar-refractivity contribution in [1.29, 1.82) is 0 Å². The third-order valence-electron chi connectivity index (χ3n) is 3.64. The Bertz CT molecular complexity index is 1020. The van der Waals surface area contributed by atoms with Crippen molar-refractivity contribution >= 4 is 22.6 Å². The highest BCUT2D eigenvalue weighted by molar-refractivity contribution is 6.11. The highest BCUT2D eigenvalue weighted by Gasteiger charge is 2.14. The molecule has 0 saturated heterocycles. The number of amides is 1. The van der Waals surface area contributed by atoms with Crippen LogP contribution in [0, 0.1) is 5.82 Å². The number of nitrogens with one attached hydrogen (secondary N) is 2. The van der Waals surface area contributed by atoms with Crippen LogP contribution < -0.4 is 5.32 Å². The largest absolute Gasteiger partial charge is 0.344 e. The number of hydrogen-bond acceptors (Lipinski definition) is 3. The van der Waals surface area contributed by atoms with Crippen LogP contribution in [0.1, 0.15) is 10.4 Å². The lowest BCUT2D eigenvalue weighted by atomic mass is 10.1. The molecule has 0 radical (unpaired) electrons. The number of carbonyl (C=O) groups is 1. The number of halogens is 1. The highest BCUT2D eigenvalue weighted by Crippen LogP contribution is 2.20. The predicted octanol–water partition coefficient (Wildman–Crippen LogP) is 3.14. The number of benzene rings is 2. The maximum atomic E-state index is 13.7. The Morgan fingerprint density at radius 3 is 3.00 bits per heavy atom. The van der Waals surface area contributed by atoms with Gasteiger partial charge in [0.2, 0.25) is 0 Å². The average molecular weight is 321 g/mol. The minimum Gasteiger partial charge on any atom is -0.344 e. The second kappa shape index (κ2) is 5.62. The zero-order valence-corrected chi connectivity index (χ0v) is 12.4. The Morgan fingerprint density at radius 2 is 2.17 bits per heavy atom. The number of hydrogen-bond donors (Lipinski definition) is 2. The van der Waals surface area contributed by atoms with Crippen molar-refractivity contribution in [3.8, 4) is 5.69 Å². The van der Waals surface area contributed by atoms with Crippen molar-refractivity contribution in [3.05, 3.63) is 72.8 Å². The van der Waals surface area contributed by atoms with Crippen LogP contribution in [0.5, 0.6) is 0 Å². The van der Waals surface area contributed by atoms with Crippen LogP contribution in [0.4, 0.5) is 10.1 Å². The summed E-state index contributed by atoms with van der Waals surface area (Å²) in [6.07, 6.45) is 6.58. The molecule has 4 aromatic rings. The molecular weight excluding hydrogens is 309 g/mol. The van der Waals surface area contributed by atoms with Gasteiger partial charge in [0.1, 0.15) is 11.3 Å². The number of anilines is 1.